The highest BCUT2D eigenvalue weighted by Gasteiger charge is 2.34. The Labute approximate surface area is 134 Å². The van der Waals surface area contributed by atoms with Crippen molar-refractivity contribution in [2.45, 2.75) is 37.3 Å². The topological polar surface area (TPSA) is 208 Å². The normalized spacial score (nSPS) is 15.9. The van der Waals surface area contributed by atoms with E-state index in [1.54, 1.807) is 0 Å². The fraction of sp³-hybridized carbons (Fsp3) is 0.667. The standard InChI is InChI=1S/C12H18O12/c13-5(9(15)16)7(11(19)20)23-3-1-2-4-24-8(12(21)22)6(14)10(17)18/h5-8,13-14H,1-4H2,(H,15,16)(H,17,18)(H,19,20)(H,21,22). The number of carboxylic acids is 4. The molecule has 0 aromatic rings. The molecule has 12 nitrogen and oxygen atoms in total. The molecule has 0 aliphatic carbocycles. The van der Waals surface area contributed by atoms with E-state index in [0.29, 0.717) is 0 Å². The Hall–Kier alpha value is -2.28. The lowest BCUT2D eigenvalue weighted by Crippen LogP contribution is -2.42. The van der Waals surface area contributed by atoms with Crippen LogP contribution in [0.15, 0.2) is 0 Å². The Bertz CT molecular complexity index is 419. The van der Waals surface area contributed by atoms with Gasteiger partial charge in [0.05, 0.1) is 0 Å². The third-order valence-corrected chi connectivity index (χ3v) is 2.70. The van der Waals surface area contributed by atoms with E-state index >= 15 is 0 Å². The van der Waals surface area contributed by atoms with E-state index in [4.69, 9.17) is 40.1 Å². The predicted molar refractivity (Wildman–Crippen MR) is 71.3 cm³/mol. The zero-order valence-corrected chi connectivity index (χ0v) is 12.3. The van der Waals surface area contributed by atoms with Gasteiger partial charge in [-0.25, -0.2) is 19.2 Å². The van der Waals surface area contributed by atoms with E-state index in [1.165, 1.54) is 0 Å². The van der Waals surface area contributed by atoms with Gasteiger partial charge in [-0.2, -0.15) is 0 Å². The first-order valence-electron chi connectivity index (χ1n) is 6.60. The molecule has 0 saturated heterocycles. The number of hydrogen-bond acceptors (Lipinski definition) is 8. The Balaban J connectivity index is 4.20. The van der Waals surface area contributed by atoms with Crippen molar-refractivity contribution in [1.29, 1.82) is 0 Å². The molecule has 0 aliphatic heterocycles. The van der Waals surface area contributed by atoms with E-state index in [-0.39, 0.29) is 26.1 Å². The lowest BCUT2D eigenvalue weighted by Gasteiger charge is -2.17. The summed E-state index contributed by atoms with van der Waals surface area (Å²) in [6.45, 7) is -0.548. The maximum atomic E-state index is 10.7. The lowest BCUT2D eigenvalue weighted by atomic mass is 10.2. The summed E-state index contributed by atoms with van der Waals surface area (Å²) in [5.74, 6) is -6.87. The van der Waals surface area contributed by atoms with E-state index in [2.05, 4.69) is 0 Å². The fourth-order valence-electron chi connectivity index (χ4n) is 1.48. The molecular weight excluding hydrogens is 336 g/mol. The highest BCUT2D eigenvalue weighted by Crippen LogP contribution is 2.06. The molecule has 0 aromatic carbocycles. The number of aliphatic hydroxyl groups excluding tert-OH is 2. The van der Waals surface area contributed by atoms with Crippen LogP contribution in [-0.4, -0.2) is 92.1 Å². The quantitative estimate of drug-likeness (QED) is 0.191. The molecule has 4 atom stereocenters. The first-order chi connectivity index (χ1) is 11.1. The van der Waals surface area contributed by atoms with Crippen molar-refractivity contribution in [3.63, 3.8) is 0 Å². The number of rotatable bonds is 13. The Morgan fingerprint density at radius 3 is 1.12 bits per heavy atom. The van der Waals surface area contributed by atoms with Crippen molar-refractivity contribution >= 4 is 23.9 Å². The molecule has 6 N–H and O–H groups in total. The average molecular weight is 354 g/mol. The van der Waals surface area contributed by atoms with Gasteiger partial charge in [0.1, 0.15) is 0 Å². The number of carbonyl (C=O) groups is 4. The van der Waals surface area contributed by atoms with Gasteiger partial charge in [-0.05, 0) is 12.8 Å². The average Bonchev–Trinajstić information content (AvgIpc) is 2.47. The molecule has 0 aliphatic rings. The van der Waals surface area contributed by atoms with Crippen molar-refractivity contribution < 1.29 is 59.3 Å². The molecule has 0 rings (SSSR count). The van der Waals surface area contributed by atoms with E-state index in [9.17, 15) is 19.2 Å². The number of hydrogen-bond donors (Lipinski definition) is 6. The smallest absolute Gasteiger partial charge is 0.336 e. The van der Waals surface area contributed by atoms with Crippen molar-refractivity contribution in [2.75, 3.05) is 13.2 Å². The minimum absolute atomic E-state index is 0.103. The number of unbranched alkanes of at least 4 members (excludes halogenated alkanes) is 1. The first kappa shape index (κ1) is 21.7. The molecule has 12 heteroatoms. The summed E-state index contributed by atoms with van der Waals surface area (Å²) < 4.78 is 9.44. The molecule has 4 unspecified atom stereocenters. The van der Waals surface area contributed by atoms with E-state index in [1.807, 2.05) is 0 Å². The molecular formula is C12H18O12. The number of carboxylic acid groups (broad SMARTS) is 4. The van der Waals surface area contributed by atoms with Crippen LogP contribution < -0.4 is 0 Å². The second kappa shape index (κ2) is 10.5. The van der Waals surface area contributed by atoms with Gasteiger partial charge in [-0.1, -0.05) is 0 Å². The minimum atomic E-state index is -2.25. The van der Waals surface area contributed by atoms with Crippen LogP contribution in [0.25, 0.3) is 0 Å². The van der Waals surface area contributed by atoms with Crippen molar-refractivity contribution in [2.24, 2.45) is 0 Å². The summed E-state index contributed by atoms with van der Waals surface area (Å²) in [6.07, 6.45) is -8.23. The van der Waals surface area contributed by atoms with Gasteiger partial charge in [0, 0.05) is 13.2 Å². The Kier molecular flexibility index (Phi) is 9.49. The van der Waals surface area contributed by atoms with Gasteiger partial charge >= 0.3 is 23.9 Å². The number of aliphatic hydroxyl groups is 2. The second-order valence-corrected chi connectivity index (χ2v) is 4.53. The summed E-state index contributed by atoms with van der Waals surface area (Å²) in [5, 5.41) is 52.7. The van der Waals surface area contributed by atoms with Crippen LogP contribution in [0.4, 0.5) is 0 Å². The van der Waals surface area contributed by atoms with Crippen molar-refractivity contribution in [1.82, 2.24) is 0 Å². The maximum absolute atomic E-state index is 10.7. The first-order valence-corrected chi connectivity index (χ1v) is 6.60. The van der Waals surface area contributed by atoms with Gasteiger partial charge in [0.2, 0.25) is 0 Å². The zero-order chi connectivity index (χ0) is 18.9. The van der Waals surface area contributed by atoms with Gasteiger partial charge in [-0.15, -0.1) is 0 Å². The Morgan fingerprint density at radius 2 is 0.917 bits per heavy atom. The summed E-state index contributed by atoms with van der Waals surface area (Å²) >= 11 is 0. The molecule has 0 bridgehead atoms. The van der Waals surface area contributed by atoms with Crippen LogP contribution in [0.5, 0.6) is 0 Å². The molecule has 0 aromatic heterocycles. The largest absolute Gasteiger partial charge is 0.479 e. The van der Waals surface area contributed by atoms with Gasteiger partial charge in [0.25, 0.3) is 0 Å². The van der Waals surface area contributed by atoms with Crippen molar-refractivity contribution in [3.05, 3.63) is 0 Å². The Morgan fingerprint density at radius 1 is 0.625 bits per heavy atom. The highest BCUT2D eigenvalue weighted by molar-refractivity contribution is 5.83. The van der Waals surface area contributed by atoms with Gasteiger partial charge in [0.15, 0.2) is 24.4 Å². The molecule has 24 heavy (non-hydrogen) atoms. The third kappa shape index (κ3) is 7.32. The summed E-state index contributed by atoms with van der Waals surface area (Å²) in [5.41, 5.74) is 0. The minimum Gasteiger partial charge on any atom is -0.479 e. The monoisotopic (exact) mass is 354 g/mol. The zero-order valence-electron chi connectivity index (χ0n) is 12.3. The SMILES string of the molecule is O=C(O)C(O)C(OCCCCOC(C(=O)O)C(O)C(=O)O)C(=O)O. The van der Waals surface area contributed by atoms with E-state index in [0.717, 1.165) is 0 Å². The van der Waals surface area contributed by atoms with Crippen LogP contribution in [0, 0.1) is 0 Å². The van der Waals surface area contributed by atoms with E-state index < -0.39 is 48.3 Å². The molecule has 0 saturated carbocycles. The second-order valence-electron chi connectivity index (χ2n) is 4.53. The summed E-state index contributed by atoms with van der Waals surface area (Å²) in [4.78, 5) is 42.5. The summed E-state index contributed by atoms with van der Waals surface area (Å²) in [6, 6.07) is 0. The third-order valence-electron chi connectivity index (χ3n) is 2.70. The maximum Gasteiger partial charge on any atom is 0.336 e. The molecule has 0 spiro atoms. The van der Waals surface area contributed by atoms with Crippen LogP contribution in [0.3, 0.4) is 0 Å². The van der Waals surface area contributed by atoms with Crippen molar-refractivity contribution in [3.8, 4) is 0 Å². The fourth-order valence-corrected chi connectivity index (χ4v) is 1.48. The van der Waals surface area contributed by atoms with Crippen LogP contribution >= 0.6 is 0 Å². The van der Waals surface area contributed by atoms with Gasteiger partial charge in [-0.3, -0.25) is 0 Å². The van der Waals surface area contributed by atoms with Crippen LogP contribution in [0.1, 0.15) is 12.8 Å². The number of ether oxygens (including phenoxy) is 2. The van der Waals surface area contributed by atoms with Gasteiger partial charge < -0.3 is 40.1 Å². The molecule has 0 heterocycles. The van der Waals surface area contributed by atoms with Crippen LogP contribution in [-0.2, 0) is 28.7 Å². The predicted octanol–water partition coefficient (Wildman–Crippen LogP) is -2.40. The number of aliphatic carboxylic acids is 4. The van der Waals surface area contributed by atoms with Crippen LogP contribution in [0.2, 0.25) is 0 Å². The molecule has 138 valence electrons. The molecule has 0 radical (unpaired) electrons. The molecule has 0 fully saturated rings. The lowest BCUT2D eigenvalue weighted by molar-refractivity contribution is -0.172. The molecule has 0 amide bonds. The summed E-state index contributed by atoms with van der Waals surface area (Å²) in [7, 11) is 0. The highest BCUT2D eigenvalue weighted by atomic mass is 16.5.